The van der Waals surface area contributed by atoms with Gasteiger partial charge in [-0.1, -0.05) is 103 Å². The number of rotatable bonds is 31. The molecule has 0 aromatic heterocycles. The summed E-state index contributed by atoms with van der Waals surface area (Å²) in [5.41, 5.74) is 0. The monoisotopic (exact) mass is 558 g/mol. The Bertz CT molecular complexity index is 541. The van der Waals surface area contributed by atoms with Crippen molar-refractivity contribution in [3.8, 4) is 0 Å². The van der Waals surface area contributed by atoms with Crippen LogP contribution in [0.4, 0.5) is 0 Å². The van der Waals surface area contributed by atoms with Crippen LogP contribution in [0.15, 0.2) is 0 Å². The molecule has 0 heterocycles. The molecular formula is C32H62O7. The standard InChI is InChI=1S/C32H62O7/c33-27-19-11-9-15-23-29(34)21-14-6-2-4-8-18-26-32(38)39-28-20-12-10-16-24-30(35)22-13-5-1-3-7-17-25-31(36)37/h29-30,33-35H,1-28H2,(H,36,37). The normalized spacial score (nSPS) is 12.9. The van der Waals surface area contributed by atoms with Crippen LogP contribution in [0.25, 0.3) is 0 Å². The van der Waals surface area contributed by atoms with Gasteiger partial charge in [0.25, 0.3) is 0 Å². The Hall–Kier alpha value is -1.18. The molecule has 0 aliphatic carbocycles. The Morgan fingerprint density at radius 2 is 0.846 bits per heavy atom. The number of esters is 1. The third-order valence-electron chi connectivity index (χ3n) is 7.49. The number of hydrogen-bond donors (Lipinski definition) is 4. The predicted molar refractivity (Wildman–Crippen MR) is 158 cm³/mol. The van der Waals surface area contributed by atoms with Gasteiger partial charge < -0.3 is 25.2 Å². The smallest absolute Gasteiger partial charge is 0.305 e. The fraction of sp³-hybridized carbons (Fsp3) is 0.938. The molecule has 0 radical (unpaired) electrons. The van der Waals surface area contributed by atoms with Gasteiger partial charge in [0.05, 0.1) is 18.8 Å². The van der Waals surface area contributed by atoms with Crippen LogP contribution in [0.1, 0.15) is 167 Å². The first-order valence-electron chi connectivity index (χ1n) is 16.3. The summed E-state index contributed by atoms with van der Waals surface area (Å²) in [5.74, 6) is -0.801. The highest BCUT2D eigenvalue weighted by Gasteiger charge is 2.06. The molecule has 0 spiro atoms. The quantitative estimate of drug-likeness (QED) is 0.0514. The van der Waals surface area contributed by atoms with E-state index in [2.05, 4.69) is 0 Å². The average molecular weight is 559 g/mol. The summed E-state index contributed by atoms with van der Waals surface area (Å²) >= 11 is 0. The van der Waals surface area contributed by atoms with E-state index in [9.17, 15) is 19.8 Å². The van der Waals surface area contributed by atoms with E-state index in [0.717, 1.165) is 154 Å². The van der Waals surface area contributed by atoms with Gasteiger partial charge in [-0.3, -0.25) is 9.59 Å². The van der Waals surface area contributed by atoms with E-state index >= 15 is 0 Å². The number of aliphatic hydroxyl groups excluding tert-OH is 3. The number of aliphatic hydroxyl groups is 3. The molecule has 0 rings (SSSR count). The number of hydrogen-bond acceptors (Lipinski definition) is 6. The molecule has 0 fully saturated rings. The van der Waals surface area contributed by atoms with Gasteiger partial charge in [0.1, 0.15) is 0 Å². The number of carboxylic acids is 1. The highest BCUT2D eigenvalue weighted by Crippen LogP contribution is 2.15. The minimum Gasteiger partial charge on any atom is -0.481 e. The summed E-state index contributed by atoms with van der Waals surface area (Å²) in [6.45, 7) is 0.763. The van der Waals surface area contributed by atoms with Crippen LogP contribution < -0.4 is 0 Å². The third-order valence-corrected chi connectivity index (χ3v) is 7.49. The molecule has 0 bridgehead atoms. The Labute approximate surface area is 239 Å². The Kier molecular flexibility index (Phi) is 28.9. The van der Waals surface area contributed by atoms with Crippen molar-refractivity contribution < 1.29 is 34.8 Å². The maximum absolute atomic E-state index is 11.9. The molecule has 0 saturated carbocycles. The zero-order valence-corrected chi connectivity index (χ0v) is 25.0. The lowest BCUT2D eigenvalue weighted by Gasteiger charge is -2.10. The van der Waals surface area contributed by atoms with Crippen molar-refractivity contribution >= 4 is 11.9 Å². The van der Waals surface area contributed by atoms with Gasteiger partial charge in [-0.2, -0.15) is 0 Å². The van der Waals surface area contributed by atoms with Crippen molar-refractivity contribution in [3.63, 3.8) is 0 Å². The minimum atomic E-state index is -0.713. The van der Waals surface area contributed by atoms with E-state index in [-0.39, 0.29) is 31.2 Å². The number of aliphatic carboxylic acids is 1. The number of carboxylic acid groups (broad SMARTS) is 1. The van der Waals surface area contributed by atoms with E-state index in [1.165, 1.54) is 0 Å². The van der Waals surface area contributed by atoms with Crippen molar-refractivity contribution in [1.82, 2.24) is 0 Å². The molecule has 2 unspecified atom stereocenters. The molecule has 0 saturated heterocycles. The summed E-state index contributed by atoms with van der Waals surface area (Å²) in [6.07, 6.45) is 24.3. The van der Waals surface area contributed by atoms with E-state index in [1.54, 1.807) is 0 Å². The number of unbranched alkanes of at least 4 members (excludes halogenated alkanes) is 16. The van der Waals surface area contributed by atoms with Crippen molar-refractivity contribution in [2.75, 3.05) is 13.2 Å². The summed E-state index contributed by atoms with van der Waals surface area (Å²) in [5, 5.41) is 37.5. The lowest BCUT2D eigenvalue weighted by atomic mass is 10.0. The first-order valence-corrected chi connectivity index (χ1v) is 16.3. The zero-order chi connectivity index (χ0) is 28.8. The molecule has 0 aliphatic rings. The summed E-state index contributed by atoms with van der Waals surface area (Å²) < 4.78 is 5.35. The molecule has 7 heteroatoms. The number of carbonyl (C=O) groups is 2. The van der Waals surface area contributed by atoms with E-state index in [1.807, 2.05) is 0 Å². The van der Waals surface area contributed by atoms with Gasteiger partial charge in [0.2, 0.25) is 0 Å². The van der Waals surface area contributed by atoms with E-state index in [0.29, 0.717) is 13.0 Å². The fourth-order valence-corrected chi connectivity index (χ4v) is 4.95. The van der Waals surface area contributed by atoms with Crippen LogP contribution in [0.2, 0.25) is 0 Å². The third kappa shape index (κ3) is 31.2. The molecule has 39 heavy (non-hydrogen) atoms. The van der Waals surface area contributed by atoms with Crippen LogP contribution in [0.3, 0.4) is 0 Å². The van der Waals surface area contributed by atoms with Gasteiger partial charge >= 0.3 is 11.9 Å². The Morgan fingerprint density at radius 3 is 1.28 bits per heavy atom. The van der Waals surface area contributed by atoms with Crippen LogP contribution >= 0.6 is 0 Å². The van der Waals surface area contributed by atoms with Crippen LogP contribution in [0.5, 0.6) is 0 Å². The first kappa shape index (κ1) is 37.8. The molecule has 0 aromatic rings. The van der Waals surface area contributed by atoms with Crippen LogP contribution in [-0.2, 0) is 14.3 Å². The lowest BCUT2D eigenvalue weighted by Crippen LogP contribution is -2.07. The largest absolute Gasteiger partial charge is 0.481 e. The molecule has 7 nitrogen and oxygen atoms in total. The molecule has 232 valence electrons. The number of carbonyl (C=O) groups excluding carboxylic acids is 1. The molecule has 0 aromatic carbocycles. The maximum atomic E-state index is 11.9. The summed E-state index contributed by atoms with van der Waals surface area (Å²) in [4.78, 5) is 22.3. The van der Waals surface area contributed by atoms with Gasteiger partial charge in [-0.25, -0.2) is 0 Å². The summed E-state index contributed by atoms with van der Waals surface area (Å²) in [7, 11) is 0. The van der Waals surface area contributed by atoms with Crippen molar-refractivity contribution in [2.24, 2.45) is 0 Å². The van der Waals surface area contributed by atoms with Crippen molar-refractivity contribution in [2.45, 2.75) is 179 Å². The highest BCUT2D eigenvalue weighted by atomic mass is 16.5. The average Bonchev–Trinajstić information content (AvgIpc) is 2.90. The van der Waals surface area contributed by atoms with E-state index < -0.39 is 5.97 Å². The minimum absolute atomic E-state index is 0.0885. The molecule has 0 amide bonds. The fourth-order valence-electron chi connectivity index (χ4n) is 4.95. The molecule has 2 atom stereocenters. The zero-order valence-electron chi connectivity index (χ0n) is 25.0. The van der Waals surface area contributed by atoms with Gasteiger partial charge in [-0.05, 0) is 51.4 Å². The topological polar surface area (TPSA) is 124 Å². The maximum Gasteiger partial charge on any atom is 0.305 e. The molecule has 0 aliphatic heterocycles. The van der Waals surface area contributed by atoms with Crippen LogP contribution in [0, 0.1) is 0 Å². The van der Waals surface area contributed by atoms with Gasteiger partial charge in [0, 0.05) is 19.4 Å². The lowest BCUT2D eigenvalue weighted by molar-refractivity contribution is -0.144. The van der Waals surface area contributed by atoms with Crippen molar-refractivity contribution in [1.29, 1.82) is 0 Å². The predicted octanol–water partition coefficient (Wildman–Crippen LogP) is 7.47. The number of ether oxygens (including phenoxy) is 1. The Balaban J connectivity index is 3.33. The second kappa shape index (κ2) is 29.8. The molecule has 4 N–H and O–H groups in total. The highest BCUT2D eigenvalue weighted by molar-refractivity contribution is 5.69. The molecular weight excluding hydrogens is 496 g/mol. The van der Waals surface area contributed by atoms with Crippen molar-refractivity contribution in [3.05, 3.63) is 0 Å². The first-order chi connectivity index (χ1) is 19.0. The van der Waals surface area contributed by atoms with E-state index in [4.69, 9.17) is 14.9 Å². The second-order valence-electron chi connectivity index (χ2n) is 11.4. The van der Waals surface area contributed by atoms with Gasteiger partial charge in [-0.15, -0.1) is 0 Å². The van der Waals surface area contributed by atoms with Crippen LogP contribution in [-0.4, -0.2) is 57.8 Å². The second-order valence-corrected chi connectivity index (χ2v) is 11.4. The SMILES string of the molecule is O=C(O)CCCCCCCCC(O)CCCCCCOC(=O)CCCCCCCCC(O)CCCCCCO. The summed E-state index contributed by atoms with van der Waals surface area (Å²) in [6, 6.07) is 0. The van der Waals surface area contributed by atoms with Gasteiger partial charge in [0.15, 0.2) is 0 Å². The Morgan fingerprint density at radius 1 is 0.487 bits per heavy atom.